The number of hydrogen-bond donors (Lipinski definition) is 1. The third kappa shape index (κ3) is 4.21. The molecule has 1 heteroatoms. The molecule has 0 saturated heterocycles. The first-order valence-corrected chi connectivity index (χ1v) is 7.70. The maximum Gasteiger partial charge on any atom is 0.00983 e. The van der Waals surface area contributed by atoms with Crippen molar-refractivity contribution < 1.29 is 0 Å². The van der Waals surface area contributed by atoms with Gasteiger partial charge in [-0.2, -0.15) is 0 Å². The highest BCUT2D eigenvalue weighted by atomic mass is 14.9. The number of rotatable bonds is 9. The highest BCUT2D eigenvalue weighted by Gasteiger charge is 2.42. The Labute approximate surface area is 118 Å². The van der Waals surface area contributed by atoms with Crippen LogP contribution >= 0.6 is 0 Å². The van der Waals surface area contributed by atoms with Gasteiger partial charge in [0.25, 0.3) is 0 Å². The van der Waals surface area contributed by atoms with E-state index in [4.69, 9.17) is 0 Å². The van der Waals surface area contributed by atoms with Crippen molar-refractivity contribution in [2.45, 2.75) is 50.5 Å². The van der Waals surface area contributed by atoms with Crippen molar-refractivity contribution in [2.24, 2.45) is 5.92 Å². The summed E-state index contributed by atoms with van der Waals surface area (Å²) >= 11 is 0. The molecular weight excluding hydrogens is 230 g/mol. The monoisotopic (exact) mass is 257 g/mol. The molecule has 0 heterocycles. The molecule has 0 aromatic heterocycles. The first-order chi connectivity index (χ1) is 9.36. The van der Waals surface area contributed by atoms with Gasteiger partial charge in [0.1, 0.15) is 0 Å². The van der Waals surface area contributed by atoms with Crippen LogP contribution in [0, 0.1) is 5.92 Å². The minimum absolute atomic E-state index is 0.703. The molecule has 1 nitrogen and oxygen atoms in total. The number of benzene rings is 1. The molecule has 104 valence electrons. The summed E-state index contributed by atoms with van der Waals surface area (Å²) in [5.41, 5.74) is 1.53. The first kappa shape index (κ1) is 14.3. The van der Waals surface area contributed by atoms with Gasteiger partial charge in [0.2, 0.25) is 0 Å². The van der Waals surface area contributed by atoms with Gasteiger partial charge in [0, 0.05) is 6.04 Å². The topological polar surface area (TPSA) is 12.0 Å². The van der Waals surface area contributed by atoms with Crippen LogP contribution in [0.2, 0.25) is 0 Å². The average Bonchev–Trinajstić information content (AvgIpc) is 3.24. The van der Waals surface area contributed by atoms with Crippen LogP contribution in [0.4, 0.5) is 0 Å². The molecule has 0 amide bonds. The lowest BCUT2D eigenvalue weighted by Gasteiger charge is -2.16. The van der Waals surface area contributed by atoms with E-state index in [2.05, 4.69) is 49.3 Å². The second kappa shape index (κ2) is 7.49. The Morgan fingerprint density at radius 2 is 2.05 bits per heavy atom. The summed E-state index contributed by atoms with van der Waals surface area (Å²) in [5, 5.41) is 3.53. The molecule has 3 atom stereocenters. The molecule has 0 aliphatic heterocycles. The van der Waals surface area contributed by atoms with Crippen LogP contribution in [0.5, 0.6) is 0 Å². The van der Waals surface area contributed by atoms with Crippen molar-refractivity contribution in [3.05, 3.63) is 48.6 Å². The zero-order valence-corrected chi connectivity index (χ0v) is 12.1. The minimum atomic E-state index is 0.703. The van der Waals surface area contributed by atoms with E-state index in [9.17, 15) is 0 Å². The Kier molecular flexibility index (Phi) is 5.65. The smallest absolute Gasteiger partial charge is 0.00983 e. The molecule has 3 unspecified atom stereocenters. The molecule has 0 radical (unpaired) electrons. The van der Waals surface area contributed by atoms with Crippen molar-refractivity contribution in [3.8, 4) is 0 Å². The molecule has 1 aliphatic rings. The van der Waals surface area contributed by atoms with Gasteiger partial charge in [-0.1, -0.05) is 49.2 Å². The van der Waals surface area contributed by atoms with Crippen LogP contribution in [-0.4, -0.2) is 13.1 Å². The van der Waals surface area contributed by atoms with Crippen molar-refractivity contribution in [1.82, 2.24) is 5.32 Å². The first-order valence-electron chi connectivity index (χ1n) is 7.70. The SMILES string of the molecule is C=CCCCCCC(NC)C1CC1c1ccccc1. The molecule has 1 aromatic rings. The molecule has 19 heavy (non-hydrogen) atoms. The summed E-state index contributed by atoms with van der Waals surface area (Å²) in [6.07, 6.45) is 9.86. The summed E-state index contributed by atoms with van der Waals surface area (Å²) in [7, 11) is 2.12. The van der Waals surface area contributed by atoms with Gasteiger partial charge in [-0.15, -0.1) is 6.58 Å². The van der Waals surface area contributed by atoms with Crippen LogP contribution in [0.1, 0.15) is 50.0 Å². The summed E-state index contributed by atoms with van der Waals surface area (Å²) in [5.74, 6) is 1.65. The molecule has 0 bridgehead atoms. The van der Waals surface area contributed by atoms with E-state index >= 15 is 0 Å². The lowest BCUT2D eigenvalue weighted by molar-refractivity contribution is 0.439. The largest absolute Gasteiger partial charge is 0.317 e. The summed E-state index contributed by atoms with van der Waals surface area (Å²) < 4.78 is 0. The Morgan fingerprint density at radius 3 is 2.74 bits per heavy atom. The lowest BCUT2D eigenvalue weighted by Crippen LogP contribution is -2.27. The number of hydrogen-bond acceptors (Lipinski definition) is 1. The van der Waals surface area contributed by atoms with E-state index in [-0.39, 0.29) is 0 Å². The zero-order chi connectivity index (χ0) is 13.5. The van der Waals surface area contributed by atoms with Gasteiger partial charge in [-0.05, 0) is 50.1 Å². The highest BCUT2D eigenvalue weighted by molar-refractivity contribution is 5.26. The predicted octanol–water partition coefficient (Wildman–Crippen LogP) is 4.51. The maximum atomic E-state index is 3.78. The van der Waals surface area contributed by atoms with Crippen LogP contribution in [0.15, 0.2) is 43.0 Å². The third-order valence-electron chi connectivity index (χ3n) is 4.38. The fraction of sp³-hybridized carbons (Fsp3) is 0.556. The van der Waals surface area contributed by atoms with Crippen LogP contribution < -0.4 is 5.32 Å². The number of allylic oxidation sites excluding steroid dienone is 1. The van der Waals surface area contributed by atoms with E-state index in [1.54, 1.807) is 0 Å². The third-order valence-corrected chi connectivity index (χ3v) is 4.38. The van der Waals surface area contributed by atoms with Crippen LogP contribution in [0.25, 0.3) is 0 Å². The van der Waals surface area contributed by atoms with Crippen molar-refractivity contribution >= 4 is 0 Å². The van der Waals surface area contributed by atoms with E-state index in [1.165, 1.54) is 44.1 Å². The quantitative estimate of drug-likeness (QED) is 0.507. The molecule has 1 fully saturated rings. The summed E-state index contributed by atoms with van der Waals surface area (Å²) in [6.45, 7) is 3.78. The summed E-state index contributed by atoms with van der Waals surface area (Å²) in [4.78, 5) is 0. The van der Waals surface area contributed by atoms with Gasteiger partial charge in [-0.3, -0.25) is 0 Å². The van der Waals surface area contributed by atoms with E-state index in [1.807, 2.05) is 6.08 Å². The molecule has 1 aliphatic carbocycles. The van der Waals surface area contributed by atoms with Gasteiger partial charge < -0.3 is 5.32 Å². The van der Waals surface area contributed by atoms with Crippen LogP contribution in [0.3, 0.4) is 0 Å². The summed E-state index contributed by atoms with van der Waals surface area (Å²) in [6, 6.07) is 11.7. The van der Waals surface area contributed by atoms with E-state index in [0.29, 0.717) is 6.04 Å². The normalized spacial score (nSPS) is 23.0. The lowest BCUT2D eigenvalue weighted by atomic mass is 10.00. The molecule has 1 N–H and O–H groups in total. The Morgan fingerprint density at radius 1 is 1.26 bits per heavy atom. The molecule has 1 saturated carbocycles. The second-order valence-corrected chi connectivity index (χ2v) is 5.74. The molecule has 0 spiro atoms. The van der Waals surface area contributed by atoms with E-state index < -0.39 is 0 Å². The molecule has 2 rings (SSSR count). The Balaban J connectivity index is 1.73. The van der Waals surface area contributed by atoms with Crippen LogP contribution in [-0.2, 0) is 0 Å². The Bertz CT molecular complexity index is 371. The fourth-order valence-electron chi connectivity index (χ4n) is 3.15. The zero-order valence-electron chi connectivity index (χ0n) is 12.1. The standard InChI is InChI=1S/C18H27N/c1-3-4-5-6-10-13-18(19-2)17-14-16(17)15-11-8-7-9-12-15/h3,7-9,11-12,16-19H,1,4-6,10,13-14H2,2H3. The van der Waals surface area contributed by atoms with Crippen molar-refractivity contribution in [2.75, 3.05) is 7.05 Å². The van der Waals surface area contributed by atoms with E-state index in [0.717, 1.165) is 11.8 Å². The van der Waals surface area contributed by atoms with Gasteiger partial charge in [0.15, 0.2) is 0 Å². The second-order valence-electron chi connectivity index (χ2n) is 5.74. The average molecular weight is 257 g/mol. The van der Waals surface area contributed by atoms with Gasteiger partial charge in [0.05, 0.1) is 0 Å². The van der Waals surface area contributed by atoms with Gasteiger partial charge in [-0.25, -0.2) is 0 Å². The maximum absolute atomic E-state index is 3.78. The van der Waals surface area contributed by atoms with Gasteiger partial charge >= 0.3 is 0 Å². The highest BCUT2D eigenvalue weighted by Crippen LogP contribution is 2.50. The molecular formula is C18H27N. The number of nitrogens with one attached hydrogen (secondary N) is 1. The molecule has 1 aromatic carbocycles. The van der Waals surface area contributed by atoms with Crippen molar-refractivity contribution in [1.29, 1.82) is 0 Å². The fourth-order valence-corrected chi connectivity index (χ4v) is 3.15. The Hall–Kier alpha value is -1.08. The minimum Gasteiger partial charge on any atom is -0.317 e. The number of unbranched alkanes of at least 4 members (excludes halogenated alkanes) is 3. The van der Waals surface area contributed by atoms with Crippen molar-refractivity contribution in [3.63, 3.8) is 0 Å². The predicted molar refractivity (Wildman–Crippen MR) is 83.4 cm³/mol.